The molecule has 2 amide bonds. The number of hydrogen-bond acceptors (Lipinski definition) is 5. The molecule has 198 valence electrons. The predicted molar refractivity (Wildman–Crippen MR) is 150 cm³/mol. The van der Waals surface area contributed by atoms with Crippen molar-refractivity contribution in [2.75, 3.05) is 6.61 Å². The number of hydrogen-bond donors (Lipinski definition) is 0. The molecule has 1 fully saturated rings. The Labute approximate surface area is 229 Å². The molecular formula is C32H32N4O3. The van der Waals surface area contributed by atoms with E-state index < -0.39 is 5.91 Å². The van der Waals surface area contributed by atoms with Gasteiger partial charge in [-0.05, 0) is 74.2 Å². The number of carbonyl (C=O) groups is 2. The summed E-state index contributed by atoms with van der Waals surface area (Å²) in [5.74, 6) is -0.0374. The van der Waals surface area contributed by atoms with Gasteiger partial charge in [0.2, 0.25) is 0 Å². The summed E-state index contributed by atoms with van der Waals surface area (Å²) in [6.07, 6.45) is 9.20. The fourth-order valence-electron chi connectivity index (χ4n) is 5.22. The fourth-order valence-corrected chi connectivity index (χ4v) is 5.22. The second-order valence-corrected chi connectivity index (χ2v) is 10.0. The molecule has 0 saturated heterocycles. The average molecular weight is 521 g/mol. The van der Waals surface area contributed by atoms with Crippen LogP contribution in [0.3, 0.4) is 0 Å². The van der Waals surface area contributed by atoms with Crippen molar-refractivity contribution in [1.82, 2.24) is 14.7 Å². The second-order valence-electron chi connectivity index (χ2n) is 10.0. The van der Waals surface area contributed by atoms with Gasteiger partial charge in [-0.15, -0.1) is 0 Å². The van der Waals surface area contributed by atoms with E-state index in [1.807, 2.05) is 60.8 Å². The molecule has 1 aliphatic heterocycles. The van der Waals surface area contributed by atoms with Gasteiger partial charge < -0.3 is 4.74 Å². The number of imide groups is 1. The molecule has 0 bridgehead atoms. The first-order valence-corrected chi connectivity index (χ1v) is 13.6. The first-order valence-electron chi connectivity index (χ1n) is 13.6. The highest BCUT2D eigenvalue weighted by Crippen LogP contribution is 2.35. The molecular weight excluding hydrogens is 488 g/mol. The van der Waals surface area contributed by atoms with E-state index >= 15 is 0 Å². The highest BCUT2D eigenvalue weighted by Gasteiger charge is 2.40. The molecule has 0 spiro atoms. The summed E-state index contributed by atoms with van der Waals surface area (Å²) in [6.45, 7) is 4.47. The van der Waals surface area contributed by atoms with E-state index in [9.17, 15) is 14.9 Å². The van der Waals surface area contributed by atoms with Crippen LogP contribution in [0, 0.1) is 11.3 Å². The predicted octanol–water partition coefficient (Wildman–Crippen LogP) is 6.25. The molecule has 0 radical (unpaired) electrons. The largest absolute Gasteiger partial charge is 0.494 e. The summed E-state index contributed by atoms with van der Waals surface area (Å²) in [6, 6.07) is 19.4. The van der Waals surface area contributed by atoms with Crippen LogP contribution in [0.5, 0.6) is 5.75 Å². The van der Waals surface area contributed by atoms with Crippen LogP contribution in [0.1, 0.15) is 57.9 Å². The summed E-state index contributed by atoms with van der Waals surface area (Å²) in [7, 11) is 0. The van der Waals surface area contributed by atoms with E-state index in [1.165, 1.54) is 4.90 Å². The van der Waals surface area contributed by atoms with Gasteiger partial charge >= 0.3 is 0 Å². The molecule has 0 N–H and O–H groups in total. The van der Waals surface area contributed by atoms with Crippen LogP contribution in [0.2, 0.25) is 0 Å². The number of unbranched alkanes of at least 4 members (excludes halogenated alkanes) is 1. The number of para-hydroxylation sites is 1. The Morgan fingerprint density at radius 2 is 1.77 bits per heavy atom. The maximum Gasteiger partial charge on any atom is 0.271 e. The van der Waals surface area contributed by atoms with Gasteiger partial charge in [-0.25, -0.2) is 4.68 Å². The smallest absolute Gasteiger partial charge is 0.271 e. The summed E-state index contributed by atoms with van der Waals surface area (Å²) >= 11 is 0. The van der Waals surface area contributed by atoms with Gasteiger partial charge in [-0.2, -0.15) is 10.4 Å². The van der Waals surface area contributed by atoms with Crippen molar-refractivity contribution in [2.24, 2.45) is 0 Å². The SMILES string of the molecule is CCCCOc1ccc(-c2nn(-c3ccccc3)cc2/C=C2/C(=O)N(C3CCCC3)C(=O)C(C#N)=C2C)cc1. The van der Waals surface area contributed by atoms with Crippen LogP contribution >= 0.6 is 0 Å². The van der Waals surface area contributed by atoms with Crippen LogP contribution in [0.4, 0.5) is 0 Å². The molecule has 7 nitrogen and oxygen atoms in total. The van der Waals surface area contributed by atoms with Crippen LogP contribution in [-0.4, -0.2) is 39.1 Å². The van der Waals surface area contributed by atoms with Gasteiger partial charge in [0.25, 0.3) is 11.8 Å². The molecule has 39 heavy (non-hydrogen) atoms. The number of carbonyl (C=O) groups excluding carboxylic acids is 2. The summed E-state index contributed by atoms with van der Waals surface area (Å²) in [5, 5.41) is 14.7. The van der Waals surface area contributed by atoms with Crippen LogP contribution in [-0.2, 0) is 9.59 Å². The van der Waals surface area contributed by atoms with Gasteiger partial charge in [0.05, 0.1) is 18.0 Å². The molecule has 7 heteroatoms. The Hall–Kier alpha value is -4.44. The zero-order valence-electron chi connectivity index (χ0n) is 22.4. The van der Waals surface area contributed by atoms with Crippen molar-refractivity contribution >= 4 is 17.9 Å². The van der Waals surface area contributed by atoms with Gasteiger partial charge in [-0.3, -0.25) is 14.5 Å². The molecule has 1 aliphatic carbocycles. The monoisotopic (exact) mass is 520 g/mol. The fraction of sp³-hybridized carbons (Fsp3) is 0.312. The molecule has 3 aromatic rings. The average Bonchev–Trinajstić information content (AvgIpc) is 3.63. The Bertz CT molecular complexity index is 1470. The van der Waals surface area contributed by atoms with E-state index in [0.29, 0.717) is 23.4 Å². The van der Waals surface area contributed by atoms with E-state index in [0.717, 1.165) is 61.1 Å². The maximum atomic E-state index is 13.7. The lowest BCUT2D eigenvalue weighted by atomic mass is 9.92. The van der Waals surface area contributed by atoms with E-state index in [-0.39, 0.29) is 17.5 Å². The van der Waals surface area contributed by atoms with E-state index in [1.54, 1.807) is 17.7 Å². The zero-order valence-corrected chi connectivity index (χ0v) is 22.4. The van der Waals surface area contributed by atoms with Crippen molar-refractivity contribution in [1.29, 1.82) is 5.26 Å². The number of nitriles is 1. The maximum absolute atomic E-state index is 13.7. The van der Waals surface area contributed by atoms with Crippen LogP contribution in [0.15, 0.2) is 77.5 Å². The first kappa shape index (κ1) is 26.2. The van der Waals surface area contributed by atoms with E-state index in [4.69, 9.17) is 9.84 Å². The molecule has 2 aromatic carbocycles. The van der Waals surface area contributed by atoms with Gasteiger partial charge in [0.1, 0.15) is 17.4 Å². The van der Waals surface area contributed by atoms with Gasteiger partial charge in [-0.1, -0.05) is 44.4 Å². The summed E-state index contributed by atoms with van der Waals surface area (Å²) < 4.78 is 7.61. The Kier molecular flexibility index (Phi) is 7.74. The normalized spacial score (nSPS) is 17.3. The van der Waals surface area contributed by atoms with Crippen molar-refractivity contribution < 1.29 is 14.3 Å². The van der Waals surface area contributed by atoms with Crippen molar-refractivity contribution in [2.45, 2.75) is 58.4 Å². The third-order valence-electron chi connectivity index (χ3n) is 7.42. The standard InChI is InChI=1S/C32H32N4O3/c1-3-4-18-39-27-16-14-23(15-17-27)30-24(21-35(34-30)25-10-6-5-7-11-25)19-28-22(2)29(20-33)32(38)36(31(28)37)26-12-8-9-13-26/h5-7,10-11,14-17,19,21,26H,3-4,8-9,12-13,18H2,1-2H3/b28-19+. The number of nitrogens with zero attached hydrogens (tertiary/aromatic N) is 4. The molecule has 1 aromatic heterocycles. The Morgan fingerprint density at radius 1 is 1.05 bits per heavy atom. The molecule has 1 saturated carbocycles. The Morgan fingerprint density at radius 3 is 2.44 bits per heavy atom. The van der Waals surface area contributed by atoms with Crippen molar-refractivity contribution in [3.8, 4) is 28.8 Å². The van der Waals surface area contributed by atoms with Gasteiger partial charge in [0.15, 0.2) is 0 Å². The first-order chi connectivity index (χ1) is 19.0. The lowest BCUT2D eigenvalue weighted by Crippen LogP contribution is -2.47. The quantitative estimate of drug-likeness (QED) is 0.199. The minimum absolute atomic E-state index is 0.0262. The lowest BCUT2D eigenvalue weighted by molar-refractivity contribution is -0.143. The summed E-state index contributed by atoms with van der Waals surface area (Å²) in [5.41, 5.74) is 3.94. The highest BCUT2D eigenvalue weighted by atomic mass is 16.5. The van der Waals surface area contributed by atoms with Crippen molar-refractivity contribution in [3.05, 3.63) is 83.1 Å². The summed E-state index contributed by atoms with van der Waals surface area (Å²) in [4.78, 5) is 28.2. The molecule has 0 unspecified atom stereocenters. The molecule has 0 atom stereocenters. The number of amides is 2. The number of aromatic nitrogens is 2. The molecule has 2 aliphatic rings. The molecule has 5 rings (SSSR count). The van der Waals surface area contributed by atoms with E-state index in [2.05, 4.69) is 13.0 Å². The number of benzene rings is 2. The number of ether oxygens (including phenoxy) is 1. The lowest BCUT2D eigenvalue weighted by Gasteiger charge is -2.32. The zero-order chi connectivity index (χ0) is 27.4. The second kappa shape index (κ2) is 11.5. The third-order valence-corrected chi connectivity index (χ3v) is 7.42. The minimum atomic E-state index is -0.483. The number of rotatable bonds is 8. The topological polar surface area (TPSA) is 88.2 Å². The van der Waals surface area contributed by atoms with Crippen molar-refractivity contribution in [3.63, 3.8) is 0 Å². The minimum Gasteiger partial charge on any atom is -0.494 e. The van der Waals surface area contributed by atoms with Gasteiger partial charge in [0, 0.05) is 28.9 Å². The highest BCUT2D eigenvalue weighted by molar-refractivity contribution is 6.20. The Balaban J connectivity index is 1.60. The third kappa shape index (κ3) is 5.28. The van der Waals surface area contributed by atoms with Crippen LogP contribution in [0.25, 0.3) is 23.0 Å². The molecule has 2 heterocycles. The van der Waals surface area contributed by atoms with Crippen LogP contribution < -0.4 is 4.74 Å².